The van der Waals surface area contributed by atoms with Crippen molar-refractivity contribution in [2.75, 3.05) is 0 Å². The van der Waals surface area contributed by atoms with Crippen LogP contribution < -0.4 is 5.48 Å². The van der Waals surface area contributed by atoms with Gasteiger partial charge in [0.15, 0.2) is 0 Å². The molecule has 0 radical (unpaired) electrons. The summed E-state index contributed by atoms with van der Waals surface area (Å²) in [6.07, 6.45) is 3.17. The van der Waals surface area contributed by atoms with Gasteiger partial charge in [-0.3, -0.25) is 10.0 Å². The molecule has 0 aromatic heterocycles. The Bertz CT molecular complexity index is 149. The van der Waals surface area contributed by atoms with E-state index in [1.807, 2.05) is 0 Å². The second-order valence-corrected chi connectivity index (χ2v) is 1.47. The quantitative estimate of drug-likeness (QED) is 0.247. The molecule has 0 atom stereocenters. The van der Waals surface area contributed by atoms with E-state index in [4.69, 9.17) is 5.21 Å². The fraction of sp³-hybridized carbons (Fsp3) is 0.167. The molecule has 0 aliphatic heterocycles. The summed E-state index contributed by atoms with van der Waals surface area (Å²) in [5.41, 5.74) is 1.70. The summed E-state index contributed by atoms with van der Waals surface area (Å²) in [6.45, 7) is 5.12. The highest BCUT2D eigenvalue weighted by atomic mass is 16.5. The van der Waals surface area contributed by atoms with E-state index in [0.29, 0.717) is 0 Å². The van der Waals surface area contributed by atoms with Crippen molar-refractivity contribution < 1.29 is 10.0 Å². The first-order chi connectivity index (χ1) is 4.22. The Labute approximate surface area is 53.6 Å². The van der Waals surface area contributed by atoms with Crippen LogP contribution in [0, 0.1) is 0 Å². The van der Waals surface area contributed by atoms with E-state index in [0.717, 1.165) is 0 Å². The van der Waals surface area contributed by atoms with E-state index in [2.05, 4.69) is 6.58 Å². The summed E-state index contributed by atoms with van der Waals surface area (Å²) in [7, 11) is 0. The number of allylic oxidation sites excluding steroid dienone is 1. The molecule has 1 amide bonds. The molecular formula is C6H9NO2. The second kappa shape index (κ2) is 3.86. The van der Waals surface area contributed by atoms with E-state index < -0.39 is 5.91 Å². The lowest BCUT2D eigenvalue weighted by Crippen LogP contribution is -2.18. The van der Waals surface area contributed by atoms with Crippen LogP contribution >= 0.6 is 0 Å². The number of carbonyl (C=O) groups excluding carboxylic acids is 1. The number of hydrogen-bond donors (Lipinski definition) is 2. The summed E-state index contributed by atoms with van der Waals surface area (Å²) in [4.78, 5) is 10.4. The molecule has 0 heterocycles. The first-order valence-corrected chi connectivity index (χ1v) is 2.48. The summed E-state index contributed by atoms with van der Waals surface area (Å²) in [5.74, 6) is -0.576. The molecule has 3 heteroatoms. The number of nitrogens with one attached hydrogen (secondary N) is 1. The van der Waals surface area contributed by atoms with Gasteiger partial charge in [0.2, 0.25) is 0 Å². The van der Waals surface area contributed by atoms with Gasteiger partial charge in [-0.25, -0.2) is 5.48 Å². The molecule has 0 aromatic rings. The summed E-state index contributed by atoms with van der Waals surface area (Å²) >= 11 is 0. The normalized spacial score (nSPS) is 9.56. The van der Waals surface area contributed by atoms with Crippen molar-refractivity contribution in [2.24, 2.45) is 0 Å². The van der Waals surface area contributed by atoms with Crippen molar-refractivity contribution in [3.05, 3.63) is 24.3 Å². The molecular weight excluding hydrogens is 118 g/mol. The Kier molecular flexibility index (Phi) is 3.39. The lowest BCUT2D eigenvalue weighted by molar-refractivity contribution is -0.124. The van der Waals surface area contributed by atoms with Crippen molar-refractivity contribution in [3.8, 4) is 0 Å². The van der Waals surface area contributed by atoms with Crippen molar-refractivity contribution in [1.29, 1.82) is 0 Å². The number of hydroxylamine groups is 1. The maximum Gasteiger partial charge on any atom is 0.274 e. The van der Waals surface area contributed by atoms with Gasteiger partial charge >= 0.3 is 0 Å². The zero-order chi connectivity index (χ0) is 7.28. The van der Waals surface area contributed by atoms with Crippen LogP contribution in [0.5, 0.6) is 0 Å². The van der Waals surface area contributed by atoms with Crippen molar-refractivity contribution in [2.45, 2.75) is 6.92 Å². The molecule has 0 aliphatic rings. The zero-order valence-electron chi connectivity index (χ0n) is 5.22. The van der Waals surface area contributed by atoms with Gasteiger partial charge in [0.1, 0.15) is 0 Å². The Balaban J connectivity index is 3.89. The highest BCUT2D eigenvalue weighted by Gasteiger charge is 1.97. The van der Waals surface area contributed by atoms with Crippen LogP contribution in [0.4, 0.5) is 0 Å². The predicted octanol–water partition coefficient (Wildman–Crippen LogP) is 0.624. The molecule has 0 unspecified atom stereocenters. The first-order valence-electron chi connectivity index (χ1n) is 2.48. The van der Waals surface area contributed by atoms with E-state index in [-0.39, 0.29) is 5.57 Å². The SMILES string of the molecule is C=C(C=CC)C(=O)NO. The van der Waals surface area contributed by atoms with E-state index in [1.54, 1.807) is 13.0 Å². The second-order valence-electron chi connectivity index (χ2n) is 1.47. The minimum absolute atomic E-state index is 0.236. The van der Waals surface area contributed by atoms with Crippen LogP contribution in [0.25, 0.3) is 0 Å². The van der Waals surface area contributed by atoms with Gasteiger partial charge in [0.25, 0.3) is 5.91 Å². The van der Waals surface area contributed by atoms with Crippen molar-refractivity contribution in [1.82, 2.24) is 5.48 Å². The summed E-state index contributed by atoms with van der Waals surface area (Å²) in [6, 6.07) is 0. The van der Waals surface area contributed by atoms with Gasteiger partial charge < -0.3 is 0 Å². The van der Waals surface area contributed by atoms with Gasteiger partial charge in [-0.2, -0.15) is 0 Å². The predicted molar refractivity (Wildman–Crippen MR) is 33.9 cm³/mol. The summed E-state index contributed by atoms with van der Waals surface area (Å²) < 4.78 is 0. The van der Waals surface area contributed by atoms with Crippen LogP contribution in [0.3, 0.4) is 0 Å². The van der Waals surface area contributed by atoms with Gasteiger partial charge in [-0.15, -0.1) is 0 Å². The van der Waals surface area contributed by atoms with Gasteiger partial charge in [0.05, 0.1) is 0 Å². The van der Waals surface area contributed by atoms with Crippen LogP contribution in [-0.2, 0) is 4.79 Å². The minimum atomic E-state index is -0.576. The van der Waals surface area contributed by atoms with Gasteiger partial charge in [0, 0.05) is 5.57 Å². The lowest BCUT2D eigenvalue weighted by atomic mass is 10.3. The summed E-state index contributed by atoms with van der Waals surface area (Å²) in [5, 5.41) is 8.04. The maximum atomic E-state index is 10.4. The molecule has 3 nitrogen and oxygen atoms in total. The Morgan fingerprint density at radius 2 is 2.33 bits per heavy atom. The van der Waals surface area contributed by atoms with Crippen LogP contribution in [-0.4, -0.2) is 11.1 Å². The number of hydrogen-bond acceptors (Lipinski definition) is 2. The highest BCUT2D eigenvalue weighted by Crippen LogP contribution is 1.90. The Hall–Kier alpha value is -1.09. The van der Waals surface area contributed by atoms with Crippen molar-refractivity contribution in [3.63, 3.8) is 0 Å². The Morgan fingerprint density at radius 1 is 1.78 bits per heavy atom. The van der Waals surface area contributed by atoms with E-state index in [9.17, 15) is 4.79 Å². The molecule has 0 aliphatic carbocycles. The van der Waals surface area contributed by atoms with E-state index >= 15 is 0 Å². The molecule has 0 spiro atoms. The first kappa shape index (κ1) is 7.91. The minimum Gasteiger partial charge on any atom is -0.288 e. The lowest BCUT2D eigenvalue weighted by Gasteiger charge is -1.93. The highest BCUT2D eigenvalue weighted by molar-refractivity contribution is 5.94. The molecule has 2 N–H and O–H groups in total. The van der Waals surface area contributed by atoms with Crippen LogP contribution in [0.15, 0.2) is 24.3 Å². The molecule has 9 heavy (non-hydrogen) atoms. The maximum absolute atomic E-state index is 10.4. The van der Waals surface area contributed by atoms with Crippen LogP contribution in [0.1, 0.15) is 6.92 Å². The topological polar surface area (TPSA) is 49.3 Å². The average molecular weight is 127 g/mol. The number of carbonyl (C=O) groups is 1. The fourth-order valence-electron chi connectivity index (χ4n) is 0.349. The Morgan fingerprint density at radius 3 is 2.67 bits per heavy atom. The third kappa shape index (κ3) is 2.66. The smallest absolute Gasteiger partial charge is 0.274 e. The molecule has 0 rings (SSSR count). The molecule has 50 valence electrons. The van der Waals surface area contributed by atoms with Gasteiger partial charge in [-0.05, 0) is 6.92 Å². The monoisotopic (exact) mass is 127 g/mol. The third-order valence-corrected chi connectivity index (χ3v) is 0.761. The van der Waals surface area contributed by atoms with Crippen LogP contribution in [0.2, 0.25) is 0 Å². The van der Waals surface area contributed by atoms with E-state index in [1.165, 1.54) is 11.6 Å². The fourth-order valence-corrected chi connectivity index (χ4v) is 0.349. The van der Waals surface area contributed by atoms with Crippen molar-refractivity contribution >= 4 is 5.91 Å². The molecule has 0 fully saturated rings. The molecule has 0 saturated carbocycles. The standard InChI is InChI=1S/C6H9NO2/c1-3-4-5(2)6(8)7-9/h3-4,9H,2H2,1H3,(H,7,8). The number of rotatable bonds is 2. The van der Waals surface area contributed by atoms with Gasteiger partial charge in [-0.1, -0.05) is 18.7 Å². The zero-order valence-corrected chi connectivity index (χ0v) is 5.22. The number of amides is 1. The molecule has 0 bridgehead atoms. The third-order valence-electron chi connectivity index (χ3n) is 0.761. The average Bonchev–Trinajstić information content (AvgIpc) is 1.87. The molecule has 0 aromatic carbocycles. The molecule has 0 saturated heterocycles. The largest absolute Gasteiger partial charge is 0.288 e.